The third kappa shape index (κ3) is 5.30. The summed E-state index contributed by atoms with van der Waals surface area (Å²) in [4.78, 5) is 28.6. The first-order valence-electron chi connectivity index (χ1n) is 13.3. The highest BCUT2D eigenvalue weighted by Crippen LogP contribution is 2.38. The molecule has 2 aromatic carbocycles. The molecule has 2 aromatic heterocycles. The molecule has 0 radical (unpaired) electrons. The Hall–Kier alpha value is -4.22. The van der Waals surface area contributed by atoms with Crippen LogP contribution in [0.25, 0.3) is 33.1 Å². The molecule has 0 bridgehead atoms. The second kappa shape index (κ2) is 11.0. The Bertz CT molecular complexity index is 1710. The summed E-state index contributed by atoms with van der Waals surface area (Å²) in [6.07, 6.45) is 6.50. The van der Waals surface area contributed by atoms with E-state index in [0.717, 1.165) is 35.1 Å². The number of aromatic nitrogens is 3. The fourth-order valence-electron chi connectivity index (χ4n) is 5.45. The van der Waals surface area contributed by atoms with E-state index in [1.54, 1.807) is 52.7 Å². The van der Waals surface area contributed by atoms with Crippen molar-refractivity contribution in [3.05, 3.63) is 65.2 Å². The minimum atomic E-state index is -0.440. The summed E-state index contributed by atoms with van der Waals surface area (Å²) in [7, 11) is 1.85. The van der Waals surface area contributed by atoms with E-state index in [9.17, 15) is 4.79 Å². The highest BCUT2D eigenvalue weighted by molar-refractivity contribution is 6.33. The number of carbonyl (C=O) groups is 1. The molecule has 0 unspecified atom stereocenters. The van der Waals surface area contributed by atoms with Gasteiger partial charge in [0.25, 0.3) is 0 Å². The van der Waals surface area contributed by atoms with Crippen LogP contribution < -0.4 is 10.5 Å². The van der Waals surface area contributed by atoms with Crippen LogP contribution in [0, 0.1) is 12.7 Å². The molecule has 12 heteroatoms. The van der Waals surface area contributed by atoms with Gasteiger partial charge in [-0.25, -0.2) is 19.2 Å². The SMILES string of the molecule is Cc1nc2cnc3cc(F)c(-c4ccc(OC5=C/COCN(C)/C=N\5)cc4Cl)cc3c2n1C1CCN(C(N)=O)CC1. The lowest BCUT2D eigenvalue weighted by molar-refractivity contribution is 0.0958. The molecular weight excluding hydrogens is 549 g/mol. The van der Waals surface area contributed by atoms with E-state index in [4.69, 9.17) is 31.8 Å². The van der Waals surface area contributed by atoms with E-state index in [1.807, 2.05) is 14.0 Å². The minimum Gasteiger partial charge on any atom is -0.439 e. The van der Waals surface area contributed by atoms with Crippen molar-refractivity contribution in [3.63, 3.8) is 0 Å². The van der Waals surface area contributed by atoms with Gasteiger partial charge >= 0.3 is 6.03 Å². The first kappa shape index (κ1) is 27.0. The number of carbonyl (C=O) groups excluding carboxylic acids is 1. The van der Waals surface area contributed by atoms with E-state index >= 15 is 4.39 Å². The first-order valence-corrected chi connectivity index (χ1v) is 13.7. The molecular formula is C29H29ClFN7O3. The Labute approximate surface area is 240 Å². The third-order valence-electron chi connectivity index (χ3n) is 7.43. The maximum Gasteiger partial charge on any atom is 0.314 e. The number of fused-ring (bicyclic) bond motifs is 3. The van der Waals surface area contributed by atoms with Gasteiger partial charge in [-0.15, -0.1) is 0 Å². The average molecular weight is 578 g/mol. The predicted molar refractivity (Wildman–Crippen MR) is 155 cm³/mol. The van der Waals surface area contributed by atoms with Gasteiger partial charge in [0.05, 0.1) is 35.2 Å². The van der Waals surface area contributed by atoms with Crippen LogP contribution in [0.3, 0.4) is 0 Å². The number of hydrogen-bond donors (Lipinski definition) is 1. The molecule has 0 saturated carbocycles. The van der Waals surface area contributed by atoms with Crippen molar-refractivity contribution >= 4 is 45.9 Å². The fraction of sp³-hybridized carbons (Fsp3) is 0.310. The number of aliphatic imine (C=N–C) groups is 1. The second-order valence-electron chi connectivity index (χ2n) is 10.2. The smallest absolute Gasteiger partial charge is 0.314 e. The zero-order valence-electron chi connectivity index (χ0n) is 22.7. The number of primary amides is 1. The van der Waals surface area contributed by atoms with Crippen molar-refractivity contribution in [1.29, 1.82) is 0 Å². The predicted octanol–water partition coefficient (Wildman–Crippen LogP) is 5.24. The van der Waals surface area contributed by atoms with Crippen molar-refractivity contribution in [1.82, 2.24) is 24.3 Å². The number of nitrogens with two attached hydrogens (primary N) is 1. The molecule has 1 fully saturated rings. The number of piperidine rings is 1. The maximum absolute atomic E-state index is 15.5. The lowest BCUT2D eigenvalue weighted by Crippen LogP contribution is -2.42. The fourth-order valence-corrected chi connectivity index (χ4v) is 5.72. The number of urea groups is 1. The maximum atomic E-state index is 15.5. The number of likely N-dealkylation sites (tertiary alicyclic amines) is 1. The second-order valence-corrected chi connectivity index (χ2v) is 10.6. The van der Waals surface area contributed by atoms with Gasteiger partial charge in [0.1, 0.15) is 29.6 Å². The number of pyridine rings is 1. The van der Waals surface area contributed by atoms with Gasteiger partial charge in [-0.05, 0) is 38.0 Å². The molecule has 0 atom stereocenters. The highest BCUT2D eigenvalue weighted by Gasteiger charge is 2.26. The molecule has 4 aromatic rings. The molecule has 2 aliphatic rings. The van der Waals surface area contributed by atoms with Gasteiger partial charge < -0.3 is 29.6 Å². The van der Waals surface area contributed by atoms with Crippen LogP contribution in [0.5, 0.6) is 5.75 Å². The van der Waals surface area contributed by atoms with Gasteiger partial charge in [-0.2, -0.15) is 0 Å². The summed E-state index contributed by atoms with van der Waals surface area (Å²) >= 11 is 6.69. The van der Waals surface area contributed by atoms with Crippen LogP contribution in [-0.4, -0.2) is 70.2 Å². The van der Waals surface area contributed by atoms with Crippen LogP contribution in [0.15, 0.2) is 53.5 Å². The summed E-state index contributed by atoms with van der Waals surface area (Å²) in [5, 5.41) is 1.10. The first-order chi connectivity index (χ1) is 19.8. The van der Waals surface area contributed by atoms with Gasteiger partial charge in [0.15, 0.2) is 0 Å². The van der Waals surface area contributed by atoms with Crippen molar-refractivity contribution in [2.75, 3.05) is 33.5 Å². The lowest BCUT2D eigenvalue weighted by Gasteiger charge is -2.32. The van der Waals surface area contributed by atoms with Crippen LogP contribution >= 0.6 is 11.6 Å². The molecule has 1 saturated heterocycles. The van der Waals surface area contributed by atoms with Crippen LogP contribution in [-0.2, 0) is 4.74 Å². The molecule has 2 N–H and O–H groups in total. The molecule has 0 spiro atoms. The monoisotopic (exact) mass is 577 g/mol. The van der Waals surface area contributed by atoms with Gasteiger partial charge in [-0.1, -0.05) is 11.6 Å². The van der Waals surface area contributed by atoms with Crippen LogP contribution in [0.4, 0.5) is 9.18 Å². The quantitative estimate of drug-likeness (QED) is 0.355. The summed E-state index contributed by atoms with van der Waals surface area (Å²) < 4.78 is 29.1. The number of imidazole rings is 1. The molecule has 212 valence electrons. The van der Waals surface area contributed by atoms with E-state index in [-0.39, 0.29) is 6.04 Å². The number of halogens is 2. The van der Waals surface area contributed by atoms with Gasteiger partial charge in [-0.3, -0.25) is 4.98 Å². The van der Waals surface area contributed by atoms with Gasteiger partial charge in [0.2, 0.25) is 5.88 Å². The number of aryl methyl sites for hydroxylation is 1. The van der Waals surface area contributed by atoms with E-state index in [0.29, 0.717) is 59.7 Å². The van der Waals surface area contributed by atoms with Gasteiger partial charge in [0, 0.05) is 60.9 Å². The van der Waals surface area contributed by atoms with E-state index < -0.39 is 11.8 Å². The molecule has 6 rings (SSSR count). The minimum absolute atomic E-state index is 0.116. The Morgan fingerprint density at radius 1 is 1.17 bits per heavy atom. The zero-order valence-corrected chi connectivity index (χ0v) is 23.4. The van der Waals surface area contributed by atoms with Crippen molar-refractivity contribution in [3.8, 4) is 16.9 Å². The standard InChI is InChI=1S/C29H29ClFN7O3/c1-17-35-26-14-33-25-13-24(31)21(12-22(25)28(26)38(17)18-5-8-37(9-6-18)29(32)39)20-4-3-19(11-23(20)30)41-27-7-10-40-16-36(2)15-34-27/h3-4,7,11-15,18H,5-6,8-10,16H2,1-2H3,(H2,32,39)/b27-7+,34-15-. The highest BCUT2D eigenvalue weighted by atomic mass is 35.5. The number of ether oxygens (including phenoxy) is 2. The average Bonchev–Trinajstić information content (AvgIpc) is 3.28. The lowest BCUT2D eigenvalue weighted by atomic mass is 10.0. The van der Waals surface area contributed by atoms with E-state index in [1.165, 1.54) is 6.07 Å². The normalized spacial score (nSPS) is 18.7. The molecule has 0 aliphatic carbocycles. The molecule has 4 heterocycles. The molecule has 41 heavy (non-hydrogen) atoms. The van der Waals surface area contributed by atoms with Crippen molar-refractivity contribution in [2.24, 2.45) is 10.7 Å². The van der Waals surface area contributed by atoms with Crippen LogP contribution in [0.1, 0.15) is 24.7 Å². The Kier molecular flexibility index (Phi) is 7.22. The summed E-state index contributed by atoms with van der Waals surface area (Å²) in [6, 6.07) is 8.02. The molecule has 2 amide bonds. The van der Waals surface area contributed by atoms with Crippen molar-refractivity contribution < 1.29 is 18.7 Å². The number of hydrogen-bond acceptors (Lipinski definition) is 7. The molecule has 10 nitrogen and oxygen atoms in total. The summed E-state index contributed by atoms with van der Waals surface area (Å²) in [6.45, 7) is 3.87. The van der Waals surface area contributed by atoms with Crippen LogP contribution in [0.2, 0.25) is 5.02 Å². The third-order valence-corrected chi connectivity index (χ3v) is 7.74. The number of nitrogens with zero attached hydrogens (tertiary/aromatic N) is 6. The van der Waals surface area contributed by atoms with E-state index in [2.05, 4.69) is 14.5 Å². The number of amides is 2. The zero-order chi connectivity index (χ0) is 28.7. The Morgan fingerprint density at radius 3 is 2.73 bits per heavy atom. The number of rotatable bonds is 4. The largest absolute Gasteiger partial charge is 0.439 e. The summed E-state index contributed by atoms with van der Waals surface area (Å²) in [5.41, 5.74) is 8.47. The molecule has 2 aliphatic heterocycles. The topological polar surface area (TPSA) is 111 Å². The summed E-state index contributed by atoms with van der Waals surface area (Å²) in [5.74, 6) is 1.23. The number of benzene rings is 2. The Balaban J connectivity index is 1.37. The van der Waals surface area contributed by atoms with Crippen molar-refractivity contribution in [2.45, 2.75) is 25.8 Å². The Morgan fingerprint density at radius 2 is 1.98 bits per heavy atom.